The van der Waals surface area contributed by atoms with Crippen molar-refractivity contribution >= 4 is 14.3 Å². The lowest BCUT2D eigenvalue weighted by Crippen LogP contribution is -2.43. The van der Waals surface area contributed by atoms with Gasteiger partial charge in [0.2, 0.25) is 0 Å². The molecule has 0 saturated heterocycles. The van der Waals surface area contributed by atoms with Crippen LogP contribution in [0.1, 0.15) is 73.1 Å². The Bertz CT molecular complexity index is 443. The van der Waals surface area contributed by atoms with Gasteiger partial charge in [0.15, 0.2) is 8.32 Å². The lowest BCUT2D eigenvalue weighted by atomic mass is 10.1. The second-order valence-electron chi connectivity index (χ2n) is 8.90. The average molecular weight is 417 g/mol. The van der Waals surface area contributed by atoms with Gasteiger partial charge in [-0.05, 0) is 50.9 Å². The van der Waals surface area contributed by atoms with Gasteiger partial charge in [-0.1, -0.05) is 46.5 Å². The Hall–Kier alpha value is -0.693. The Morgan fingerprint density at radius 2 is 1.68 bits per heavy atom. The van der Waals surface area contributed by atoms with E-state index in [0.29, 0.717) is 12.7 Å². The van der Waals surface area contributed by atoms with Crippen molar-refractivity contribution in [2.45, 2.75) is 103 Å². The van der Waals surface area contributed by atoms with Crippen LogP contribution in [0.4, 0.5) is 0 Å². The van der Waals surface area contributed by atoms with Crippen molar-refractivity contribution in [3.63, 3.8) is 0 Å². The summed E-state index contributed by atoms with van der Waals surface area (Å²) in [5.41, 5.74) is 0. The molecule has 0 aromatic heterocycles. The average Bonchev–Trinajstić information content (AvgIpc) is 2.58. The monoisotopic (exact) mass is 416 g/mol. The van der Waals surface area contributed by atoms with Gasteiger partial charge in [0.25, 0.3) is 0 Å². The number of methoxy groups -OCH3 is 1. The number of unbranched alkanes of at least 4 members (excludes halogenated alkanes) is 3. The molecule has 6 heteroatoms. The molecule has 0 N–H and O–H groups in total. The Morgan fingerprint density at radius 3 is 2.21 bits per heavy atom. The molecule has 0 bridgehead atoms. The minimum atomic E-state index is -1.67. The van der Waals surface area contributed by atoms with Gasteiger partial charge in [-0.2, -0.15) is 0 Å². The molecule has 28 heavy (non-hydrogen) atoms. The highest BCUT2D eigenvalue weighted by atomic mass is 28.4. The molecule has 0 aliphatic heterocycles. The summed E-state index contributed by atoms with van der Waals surface area (Å²) >= 11 is 0. The van der Waals surface area contributed by atoms with Crippen LogP contribution < -0.4 is 0 Å². The molecule has 0 aliphatic carbocycles. The molecular formula is C22H44O5Si. The molecule has 0 heterocycles. The largest absolute Gasteiger partial charge is 0.463 e. The third-order valence-corrected chi connectivity index (χ3v) is 9.89. The van der Waals surface area contributed by atoms with E-state index in [9.17, 15) is 4.79 Å². The van der Waals surface area contributed by atoms with Gasteiger partial charge in [-0.15, -0.1) is 0 Å². The van der Waals surface area contributed by atoms with Crippen LogP contribution in [0.15, 0.2) is 12.2 Å². The van der Waals surface area contributed by atoms with Gasteiger partial charge < -0.3 is 18.6 Å². The molecule has 0 radical (unpaired) electrons. The maximum absolute atomic E-state index is 11.5. The Balaban J connectivity index is 4.11. The number of carbonyl (C=O) groups excluding carboxylic acids is 1. The summed E-state index contributed by atoms with van der Waals surface area (Å²) < 4.78 is 21.9. The highest BCUT2D eigenvalue weighted by molar-refractivity contribution is 6.74. The minimum absolute atomic E-state index is 0.120. The summed E-state index contributed by atoms with van der Waals surface area (Å²) in [7, 11) is -0.0731. The van der Waals surface area contributed by atoms with Crippen molar-refractivity contribution in [1.82, 2.24) is 0 Å². The molecule has 166 valence electrons. The van der Waals surface area contributed by atoms with E-state index in [1.807, 2.05) is 0 Å². The Kier molecular flexibility index (Phi) is 14.0. The van der Waals surface area contributed by atoms with Crippen LogP contribution in [0.5, 0.6) is 0 Å². The van der Waals surface area contributed by atoms with Crippen molar-refractivity contribution in [1.29, 1.82) is 0 Å². The Morgan fingerprint density at radius 1 is 1.07 bits per heavy atom. The fraction of sp³-hybridized carbons (Fsp3) is 0.864. The van der Waals surface area contributed by atoms with Crippen molar-refractivity contribution in [2.24, 2.45) is 0 Å². The number of hydrogen-bond acceptors (Lipinski definition) is 5. The van der Waals surface area contributed by atoms with E-state index in [4.69, 9.17) is 18.6 Å². The van der Waals surface area contributed by atoms with Crippen LogP contribution in [0.3, 0.4) is 0 Å². The SMILES string of the molecule is CCOC(=O)/C=C/[C@H](CCCCCC[C@@H](C)O[Si](C)(C)C(C)(C)C)OCOC. The fourth-order valence-electron chi connectivity index (χ4n) is 2.64. The zero-order valence-electron chi connectivity index (χ0n) is 19.5. The van der Waals surface area contributed by atoms with Gasteiger partial charge in [-0.25, -0.2) is 4.79 Å². The van der Waals surface area contributed by atoms with Crippen LogP contribution >= 0.6 is 0 Å². The molecule has 0 rings (SSSR count). The van der Waals surface area contributed by atoms with Crippen LogP contribution in [0.2, 0.25) is 18.1 Å². The first-order valence-electron chi connectivity index (χ1n) is 10.7. The molecule has 2 atom stereocenters. The van der Waals surface area contributed by atoms with Gasteiger partial charge in [-0.3, -0.25) is 0 Å². The van der Waals surface area contributed by atoms with E-state index in [2.05, 4.69) is 40.8 Å². The predicted octanol–water partition coefficient (Wildman–Crippen LogP) is 5.85. The molecule has 5 nitrogen and oxygen atoms in total. The van der Waals surface area contributed by atoms with E-state index in [1.165, 1.54) is 18.9 Å². The van der Waals surface area contributed by atoms with E-state index in [0.717, 1.165) is 25.7 Å². The van der Waals surface area contributed by atoms with Gasteiger partial charge >= 0.3 is 5.97 Å². The van der Waals surface area contributed by atoms with Gasteiger partial charge in [0, 0.05) is 19.3 Å². The molecule has 0 amide bonds. The second kappa shape index (κ2) is 14.3. The lowest BCUT2D eigenvalue weighted by Gasteiger charge is -2.38. The molecule has 0 aromatic carbocycles. The second-order valence-corrected chi connectivity index (χ2v) is 13.7. The maximum atomic E-state index is 11.5. The number of rotatable bonds is 15. The molecular weight excluding hydrogens is 372 g/mol. The molecule has 0 fully saturated rings. The first-order valence-corrected chi connectivity index (χ1v) is 13.6. The molecule has 0 spiro atoms. The predicted molar refractivity (Wildman–Crippen MR) is 118 cm³/mol. The van der Waals surface area contributed by atoms with Crippen molar-refractivity contribution in [2.75, 3.05) is 20.5 Å². The summed E-state index contributed by atoms with van der Waals surface area (Å²) in [6.07, 6.45) is 9.97. The first-order chi connectivity index (χ1) is 13.0. The third-order valence-electron chi connectivity index (χ3n) is 5.28. The van der Waals surface area contributed by atoms with Crippen molar-refractivity contribution in [3.05, 3.63) is 12.2 Å². The maximum Gasteiger partial charge on any atom is 0.330 e. The van der Waals surface area contributed by atoms with E-state index < -0.39 is 8.32 Å². The normalized spacial score (nSPS) is 15.0. The fourth-order valence-corrected chi connectivity index (χ4v) is 4.11. The van der Waals surface area contributed by atoms with Crippen LogP contribution in [-0.2, 0) is 23.4 Å². The van der Waals surface area contributed by atoms with Crippen LogP contribution in [0.25, 0.3) is 0 Å². The lowest BCUT2D eigenvalue weighted by molar-refractivity contribution is -0.137. The number of hydrogen-bond donors (Lipinski definition) is 0. The van der Waals surface area contributed by atoms with Crippen LogP contribution in [-0.4, -0.2) is 47.0 Å². The third kappa shape index (κ3) is 12.7. The number of ether oxygens (including phenoxy) is 3. The van der Waals surface area contributed by atoms with Gasteiger partial charge in [0.05, 0.1) is 12.7 Å². The molecule has 0 saturated carbocycles. The van der Waals surface area contributed by atoms with E-state index in [1.54, 1.807) is 20.1 Å². The van der Waals surface area contributed by atoms with Crippen molar-refractivity contribution < 1.29 is 23.4 Å². The molecule has 0 unspecified atom stereocenters. The van der Waals surface area contributed by atoms with Crippen molar-refractivity contribution in [3.8, 4) is 0 Å². The highest BCUT2D eigenvalue weighted by Gasteiger charge is 2.38. The smallest absolute Gasteiger partial charge is 0.330 e. The summed E-state index contributed by atoms with van der Waals surface area (Å²) in [4.78, 5) is 11.5. The zero-order chi connectivity index (χ0) is 21.6. The number of esters is 1. The number of carbonyl (C=O) groups is 1. The summed E-state index contributed by atoms with van der Waals surface area (Å²) in [5, 5.41) is 0.259. The first kappa shape index (κ1) is 27.3. The quantitative estimate of drug-likeness (QED) is 0.110. The highest BCUT2D eigenvalue weighted by Crippen LogP contribution is 2.37. The van der Waals surface area contributed by atoms with Gasteiger partial charge in [0.1, 0.15) is 6.79 Å². The summed E-state index contributed by atoms with van der Waals surface area (Å²) in [6, 6.07) is 0. The van der Waals surface area contributed by atoms with Crippen LogP contribution in [0, 0.1) is 0 Å². The topological polar surface area (TPSA) is 54.0 Å². The summed E-state index contributed by atoms with van der Waals surface area (Å²) in [6.45, 7) is 16.1. The standard InChI is InChI=1S/C22H44O5Si/c1-9-25-21(23)17-16-20(26-18-24-6)15-13-11-10-12-14-19(2)27-28(7,8)22(3,4)5/h16-17,19-20H,9-15,18H2,1-8H3/b17-16+/t19-,20+/m1/s1. The molecule has 0 aliphatic rings. The molecule has 0 aromatic rings. The Labute approximate surface area is 174 Å². The van der Waals surface area contributed by atoms with E-state index >= 15 is 0 Å². The zero-order valence-corrected chi connectivity index (χ0v) is 20.5. The summed E-state index contributed by atoms with van der Waals surface area (Å²) in [5.74, 6) is -0.329. The van der Waals surface area contributed by atoms with E-state index in [-0.39, 0.29) is 23.9 Å². The minimum Gasteiger partial charge on any atom is -0.463 e.